The van der Waals surface area contributed by atoms with E-state index in [4.69, 9.17) is 0 Å². The van der Waals surface area contributed by atoms with Gasteiger partial charge in [-0.25, -0.2) is 4.98 Å². The molecular formula is C11H16N2. The number of pyridine rings is 1. The SMILES string of the molecule is C=C.C=CNc1ccc(CC)cn1. The molecule has 0 bridgehead atoms. The lowest BCUT2D eigenvalue weighted by atomic mass is 10.2. The van der Waals surface area contributed by atoms with Gasteiger partial charge in [0, 0.05) is 6.20 Å². The van der Waals surface area contributed by atoms with Gasteiger partial charge in [-0.15, -0.1) is 13.2 Å². The van der Waals surface area contributed by atoms with E-state index in [1.165, 1.54) is 5.56 Å². The summed E-state index contributed by atoms with van der Waals surface area (Å²) in [5.74, 6) is 0.845. The van der Waals surface area contributed by atoms with E-state index in [-0.39, 0.29) is 0 Å². The van der Waals surface area contributed by atoms with Crippen LogP contribution in [0.15, 0.2) is 44.3 Å². The van der Waals surface area contributed by atoms with E-state index in [2.05, 4.69) is 43.0 Å². The predicted octanol–water partition coefficient (Wildman–Crippen LogP) is 3.00. The zero-order chi connectivity index (χ0) is 10.1. The average Bonchev–Trinajstić information content (AvgIpc) is 2.23. The van der Waals surface area contributed by atoms with Crippen molar-refractivity contribution >= 4 is 5.82 Å². The Morgan fingerprint density at radius 3 is 2.54 bits per heavy atom. The summed E-state index contributed by atoms with van der Waals surface area (Å²) in [5, 5.41) is 2.91. The van der Waals surface area contributed by atoms with Gasteiger partial charge in [0.1, 0.15) is 5.82 Å². The number of rotatable bonds is 3. The summed E-state index contributed by atoms with van der Waals surface area (Å²) in [6, 6.07) is 4.00. The number of nitrogens with one attached hydrogen (secondary N) is 1. The smallest absolute Gasteiger partial charge is 0.129 e. The Bertz CT molecular complexity index is 239. The van der Waals surface area contributed by atoms with Gasteiger partial charge in [0.25, 0.3) is 0 Å². The van der Waals surface area contributed by atoms with Crippen molar-refractivity contribution in [2.75, 3.05) is 5.32 Å². The minimum atomic E-state index is 0.845. The minimum Gasteiger partial charge on any atom is -0.347 e. The maximum Gasteiger partial charge on any atom is 0.129 e. The van der Waals surface area contributed by atoms with Crippen molar-refractivity contribution in [2.45, 2.75) is 13.3 Å². The zero-order valence-electron chi connectivity index (χ0n) is 8.09. The van der Waals surface area contributed by atoms with Crippen molar-refractivity contribution in [1.29, 1.82) is 0 Å². The molecule has 0 saturated carbocycles. The number of nitrogens with zero attached hydrogens (tertiary/aromatic N) is 1. The Hall–Kier alpha value is -1.57. The van der Waals surface area contributed by atoms with E-state index in [1.54, 1.807) is 6.20 Å². The lowest BCUT2D eigenvalue weighted by molar-refractivity contribution is 1.10. The summed E-state index contributed by atoms with van der Waals surface area (Å²) < 4.78 is 0. The van der Waals surface area contributed by atoms with Gasteiger partial charge >= 0.3 is 0 Å². The highest BCUT2D eigenvalue weighted by Gasteiger charge is 1.89. The van der Waals surface area contributed by atoms with Crippen LogP contribution in [0.1, 0.15) is 12.5 Å². The summed E-state index contributed by atoms with van der Waals surface area (Å²) in [7, 11) is 0. The molecule has 0 aliphatic rings. The van der Waals surface area contributed by atoms with Crippen molar-refractivity contribution in [3.63, 3.8) is 0 Å². The highest BCUT2D eigenvalue weighted by molar-refractivity contribution is 5.37. The summed E-state index contributed by atoms with van der Waals surface area (Å²) in [6.45, 7) is 11.7. The van der Waals surface area contributed by atoms with Crippen LogP contribution in [0.3, 0.4) is 0 Å². The summed E-state index contributed by atoms with van der Waals surface area (Å²) in [5.41, 5.74) is 1.25. The molecule has 0 radical (unpaired) electrons. The third-order valence-corrected chi connectivity index (χ3v) is 1.48. The van der Waals surface area contributed by atoms with E-state index in [9.17, 15) is 0 Å². The van der Waals surface area contributed by atoms with Crippen molar-refractivity contribution < 1.29 is 0 Å². The third-order valence-electron chi connectivity index (χ3n) is 1.48. The number of aryl methyl sites for hydroxylation is 1. The van der Waals surface area contributed by atoms with Crippen LogP contribution in [0, 0.1) is 0 Å². The van der Waals surface area contributed by atoms with Crippen LogP contribution >= 0.6 is 0 Å². The standard InChI is InChI=1S/C9H12N2.C2H4/c1-3-8-5-6-9(10-4-2)11-7-8;1-2/h4-7H,2-3H2,1H3,(H,10,11);1-2H2. The van der Waals surface area contributed by atoms with Crippen LogP contribution in [0.2, 0.25) is 0 Å². The highest BCUT2D eigenvalue weighted by atomic mass is 15.0. The number of hydrogen-bond acceptors (Lipinski definition) is 2. The van der Waals surface area contributed by atoms with Crippen LogP contribution in [-0.4, -0.2) is 4.98 Å². The Morgan fingerprint density at radius 2 is 2.15 bits per heavy atom. The molecule has 13 heavy (non-hydrogen) atoms. The zero-order valence-corrected chi connectivity index (χ0v) is 8.09. The topological polar surface area (TPSA) is 24.9 Å². The first-order chi connectivity index (χ1) is 6.36. The second-order valence-electron chi connectivity index (χ2n) is 2.25. The molecule has 1 rings (SSSR count). The first-order valence-electron chi connectivity index (χ1n) is 4.19. The maximum absolute atomic E-state index is 4.16. The van der Waals surface area contributed by atoms with Crippen LogP contribution in [0.25, 0.3) is 0 Å². The second-order valence-corrected chi connectivity index (χ2v) is 2.25. The largest absolute Gasteiger partial charge is 0.347 e. The van der Waals surface area contributed by atoms with Crippen molar-refractivity contribution in [3.05, 3.63) is 49.8 Å². The number of aromatic nitrogens is 1. The highest BCUT2D eigenvalue weighted by Crippen LogP contribution is 2.04. The predicted molar refractivity (Wildman–Crippen MR) is 58.7 cm³/mol. The van der Waals surface area contributed by atoms with Crippen LogP contribution in [-0.2, 0) is 6.42 Å². The molecule has 0 spiro atoms. The molecule has 0 unspecified atom stereocenters. The summed E-state index contributed by atoms with van der Waals surface area (Å²) >= 11 is 0. The van der Waals surface area contributed by atoms with Crippen molar-refractivity contribution in [1.82, 2.24) is 4.98 Å². The fourth-order valence-electron chi connectivity index (χ4n) is 0.824. The van der Waals surface area contributed by atoms with Crippen molar-refractivity contribution in [2.24, 2.45) is 0 Å². The van der Waals surface area contributed by atoms with E-state index in [1.807, 2.05) is 12.3 Å². The Morgan fingerprint density at radius 1 is 1.46 bits per heavy atom. The van der Waals surface area contributed by atoms with Gasteiger partial charge in [-0.1, -0.05) is 19.6 Å². The normalized spacial score (nSPS) is 8.08. The average molecular weight is 176 g/mol. The number of anilines is 1. The molecule has 70 valence electrons. The maximum atomic E-state index is 4.16. The van der Waals surface area contributed by atoms with Gasteiger partial charge in [0.2, 0.25) is 0 Å². The molecule has 0 aliphatic heterocycles. The van der Waals surface area contributed by atoms with E-state index in [0.29, 0.717) is 0 Å². The van der Waals surface area contributed by atoms with Gasteiger partial charge in [-0.2, -0.15) is 0 Å². The number of hydrogen-bond donors (Lipinski definition) is 1. The Labute approximate surface area is 80.0 Å². The van der Waals surface area contributed by atoms with Gasteiger partial charge in [0.05, 0.1) is 0 Å². The molecule has 0 fully saturated rings. The fraction of sp³-hybridized carbons (Fsp3) is 0.182. The third kappa shape index (κ3) is 4.11. The minimum absolute atomic E-state index is 0.845. The molecule has 0 aromatic carbocycles. The van der Waals surface area contributed by atoms with E-state index >= 15 is 0 Å². The fourth-order valence-corrected chi connectivity index (χ4v) is 0.824. The molecule has 1 aromatic heterocycles. The Kier molecular flexibility index (Phi) is 6.24. The molecule has 1 N–H and O–H groups in total. The molecule has 0 amide bonds. The first kappa shape index (κ1) is 11.4. The molecule has 0 aliphatic carbocycles. The van der Waals surface area contributed by atoms with Gasteiger partial charge < -0.3 is 5.32 Å². The lowest BCUT2D eigenvalue weighted by Gasteiger charge is -1.99. The van der Waals surface area contributed by atoms with Crippen LogP contribution < -0.4 is 5.32 Å². The summed E-state index contributed by atoms with van der Waals surface area (Å²) in [6.07, 6.45) is 4.52. The van der Waals surface area contributed by atoms with Gasteiger partial charge in [-0.3, -0.25) is 0 Å². The van der Waals surface area contributed by atoms with Crippen LogP contribution in [0.5, 0.6) is 0 Å². The monoisotopic (exact) mass is 176 g/mol. The molecule has 0 saturated heterocycles. The quantitative estimate of drug-likeness (QED) is 0.716. The van der Waals surface area contributed by atoms with Crippen LogP contribution in [0.4, 0.5) is 5.82 Å². The molecule has 0 atom stereocenters. The van der Waals surface area contributed by atoms with Gasteiger partial charge in [-0.05, 0) is 24.3 Å². The first-order valence-corrected chi connectivity index (χ1v) is 4.19. The molecule has 1 aromatic rings. The molecular weight excluding hydrogens is 160 g/mol. The van der Waals surface area contributed by atoms with E-state index < -0.39 is 0 Å². The van der Waals surface area contributed by atoms with Gasteiger partial charge in [0.15, 0.2) is 0 Å². The second kappa shape index (κ2) is 7.10. The molecule has 2 nitrogen and oxygen atoms in total. The summed E-state index contributed by atoms with van der Waals surface area (Å²) in [4.78, 5) is 4.16. The van der Waals surface area contributed by atoms with Crippen molar-refractivity contribution in [3.8, 4) is 0 Å². The molecule has 1 heterocycles. The lowest BCUT2D eigenvalue weighted by Crippen LogP contribution is -1.90. The molecule has 2 heteroatoms. The Balaban J connectivity index is 0.000000671. The van der Waals surface area contributed by atoms with E-state index in [0.717, 1.165) is 12.2 Å².